The zero-order chi connectivity index (χ0) is 31.5. The van der Waals surface area contributed by atoms with E-state index in [1.807, 2.05) is 67.5 Å². The highest BCUT2D eigenvalue weighted by molar-refractivity contribution is 7.85. The van der Waals surface area contributed by atoms with E-state index in [0.717, 1.165) is 0 Å². The summed E-state index contributed by atoms with van der Waals surface area (Å²) in [5.74, 6) is -1.80. The van der Waals surface area contributed by atoms with E-state index in [1.165, 1.54) is 0 Å². The Morgan fingerprint density at radius 1 is 1.22 bits per heavy atom. The Balaban J connectivity index is 2.56. The zero-order valence-electron chi connectivity index (χ0n) is 27.0. The molecule has 41 heavy (non-hydrogen) atoms. The van der Waals surface area contributed by atoms with Gasteiger partial charge in [-0.25, -0.2) is 9.00 Å². The fourth-order valence-electron chi connectivity index (χ4n) is 5.37. The first-order chi connectivity index (χ1) is 18.8. The average molecular weight is 619 g/mol. The molecule has 0 N–H and O–H groups in total. The van der Waals surface area contributed by atoms with Crippen molar-refractivity contribution in [2.45, 2.75) is 128 Å². The van der Waals surface area contributed by atoms with Gasteiger partial charge in [0.15, 0.2) is 14.8 Å². The number of hydrogen-bond acceptors (Lipinski definition) is 9. The minimum Gasteiger partial charge on any atom is -0.456 e. The quantitative estimate of drug-likeness (QED) is 0.164. The van der Waals surface area contributed by atoms with Gasteiger partial charge >= 0.3 is 5.97 Å². The van der Waals surface area contributed by atoms with Gasteiger partial charge in [0.2, 0.25) is 5.79 Å². The summed E-state index contributed by atoms with van der Waals surface area (Å²) in [4.78, 5) is 14.8. The Hall–Kier alpha value is -1.23. The number of methoxy groups -OCH3 is 1. The van der Waals surface area contributed by atoms with Gasteiger partial charge < -0.3 is 28.6 Å². The lowest BCUT2D eigenvalue weighted by Gasteiger charge is -2.47. The van der Waals surface area contributed by atoms with E-state index < -0.39 is 57.1 Å². The van der Waals surface area contributed by atoms with Gasteiger partial charge in [-0.1, -0.05) is 13.8 Å². The van der Waals surface area contributed by atoms with Crippen LogP contribution in [0.3, 0.4) is 0 Å². The van der Waals surface area contributed by atoms with Gasteiger partial charge in [0.25, 0.3) is 0 Å². The van der Waals surface area contributed by atoms with Crippen molar-refractivity contribution in [2.24, 2.45) is 16.2 Å². The van der Waals surface area contributed by atoms with E-state index in [4.69, 9.17) is 23.7 Å². The van der Waals surface area contributed by atoms with Crippen molar-refractivity contribution in [3.8, 4) is 0 Å². The highest BCUT2D eigenvalue weighted by Crippen LogP contribution is 2.41. The van der Waals surface area contributed by atoms with Crippen LogP contribution in [0.25, 0.3) is 0 Å². The molecule has 9 atom stereocenters. The Morgan fingerprint density at radius 3 is 2.34 bits per heavy atom. The number of carbonyl (C=O) groups is 1. The molecule has 2 aliphatic rings. The molecule has 1 saturated heterocycles. The molecule has 10 nitrogen and oxygen atoms in total. The van der Waals surface area contributed by atoms with Gasteiger partial charge in [0.1, 0.15) is 22.4 Å². The van der Waals surface area contributed by atoms with Crippen LogP contribution in [0.15, 0.2) is 15.7 Å². The molecule has 0 saturated carbocycles. The van der Waals surface area contributed by atoms with E-state index in [9.17, 15) is 13.6 Å². The molecule has 0 spiro atoms. The van der Waals surface area contributed by atoms with E-state index in [1.54, 1.807) is 34.1 Å². The second-order valence-corrected chi connectivity index (χ2v) is 16.0. The van der Waals surface area contributed by atoms with Crippen molar-refractivity contribution in [2.75, 3.05) is 21.2 Å². The van der Waals surface area contributed by atoms with Gasteiger partial charge in [-0.05, 0) is 74.4 Å². The number of cyclic esters (lactones) is 1. The minimum absolute atomic E-state index is 0.0353. The molecule has 2 aliphatic heterocycles. The molecule has 0 aromatic heterocycles. The van der Waals surface area contributed by atoms with Crippen molar-refractivity contribution in [1.82, 2.24) is 4.90 Å². The maximum atomic E-state index is 12.8. The molecule has 0 aliphatic carbocycles. The first kappa shape index (κ1) is 36.0. The van der Waals surface area contributed by atoms with Crippen molar-refractivity contribution in [3.05, 3.63) is 11.3 Å². The van der Waals surface area contributed by atoms with Crippen LogP contribution in [0.2, 0.25) is 0 Å². The summed E-state index contributed by atoms with van der Waals surface area (Å²) in [6.45, 7) is 18.5. The molecule has 1 fully saturated rings. The standard InChI is InChI=1S/C29H51N2O8PS/c1-17(16-30-41(34)27(5,6)7)15-29(10,35-13)24(19(3)22-20(4)25(32)39-28(8,9)38-22)37-26-23(40-33)21(31(11)12)14-18(2)36-26/h16-19,21,23-24,26H,14-15H2,1-13H3/b30-16+/t17-,18-,19+,21?,23-,24-,26+,29-,41+/m1/s1. The molecule has 0 aromatic carbocycles. The molecule has 2 rings (SSSR count). The van der Waals surface area contributed by atoms with Crippen LogP contribution in [0, 0.1) is 11.8 Å². The molecule has 0 amide bonds. The Bertz CT molecular complexity index is 1030. The van der Waals surface area contributed by atoms with E-state index in [2.05, 4.69) is 4.40 Å². The van der Waals surface area contributed by atoms with Gasteiger partial charge in [0, 0.05) is 39.1 Å². The lowest BCUT2D eigenvalue weighted by Crippen LogP contribution is -2.57. The van der Waals surface area contributed by atoms with Gasteiger partial charge in [-0.2, -0.15) is 4.40 Å². The zero-order valence-corrected chi connectivity index (χ0v) is 28.8. The normalized spacial score (nSPS) is 30.0. The number of carbonyl (C=O) groups excluding carboxylic acids is 1. The van der Waals surface area contributed by atoms with Crippen molar-refractivity contribution in [3.63, 3.8) is 0 Å². The van der Waals surface area contributed by atoms with Crippen LogP contribution in [0.4, 0.5) is 0 Å². The molecular weight excluding hydrogens is 567 g/mol. The Morgan fingerprint density at radius 2 is 1.83 bits per heavy atom. The summed E-state index contributed by atoms with van der Waals surface area (Å²) in [5, 5.41) is 0. The largest absolute Gasteiger partial charge is 0.456 e. The van der Waals surface area contributed by atoms with E-state index in [0.29, 0.717) is 24.2 Å². The smallest absolute Gasteiger partial charge is 0.340 e. The van der Waals surface area contributed by atoms with Crippen LogP contribution in [-0.2, 0) is 44.0 Å². The predicted octanol–water partition coefficient (Wildman–Crippen LogP) is 5.28. The fraction of sp³-hybridized carbons (Fsp3) is 0.862. The number of hydrogen-bond donors (Lipinski definition) is 0. The predicted molar refractivity (Wildman–Crippen MR) is 161 cm³/mol. The molecule has 12 heteroatoms. The Kier molecular flexibility index (Phi) is 12.3. The molecule has 0 aromatic rings. The van der Waals surface area contributed by atoms with Crippen LogP contribution in [-0.4, -0.2) is 88.8 Å². The van der Waals surface area contributed by atoms with Gasteiger partial charge in [0.05, 0.1) is 28.1 Å². The molecule has 1 unspecified atom stereocenters. The molecule has 0 bridgehead atoms. The maximum absolute atomic E-state index is 12.8. The highest BCUT2D eigenvalue weighted by atomic mass is 32.2. The SMILES string of the molecule is CO[C@](C)(C[C@@H](C)/C=N/[S@@](=O)C(C)(C)C)[C@H](O[C@@H]1O[C@H](C)CC(N(C)C)[C@H]1P=O)[C@@H](C)C1=C(C)C(=O)OC(C)(C)O1. The first-order valence-electron chi connectivity index (χ1n) is 14.2. The number of ether oxygens (including phenoxy) is 5. The van der Waals surface area contributed by atoms with Crippen LogP contribution in [0.1, 0.15) is 82.1 Å². The highest BCUT2D eigenvalue weighted by Gasteiger charge is 2.49. The lowest BCUT2D eigenvalue weighted by atomic mass is 9.80. The third-order valence-corrected chi connectivity index (χ3v) is 9.84. The summed E-state index contributed by atoms with van der Waals surface area (Å²) < 4.78 is 59.8. The van der Waals surface area contributed by atoms with Crippen LogP contribution in [0.5, 0.6) is 0 Å². The fourth-order valence-corrected chi connectivity index (χ4v) is 6.77. The van der Waals surface area contributed by atoms with Gasteiger partial charge in [-0.15, -0.1) is 0 Å². The third kappa shape index (κ3) is 9.13. The summed E-state index contributed by atoms with van der Waals surface area (Å²) in [6, 6.07) is -0.0353. The summed E-state index contributed by atoms with van der Waals surface area (Å²) in [5.41, 5.74) is -1.05. The molecule has 236 valence electrons. The van der Waals surface area contributed by atoms with Crippen molar-refractivity contribution >= 4 is 31.6 Å². The number of esters is 1. The second-order valence-electron chi connectivity index (χ2n) is 13.2. The summed E-state index contributed by atoms with van der Waals surface area (Å²) in [6.07, 6.45) is 1.21. The monoisotopic (exact) mass is 618 g/mol. The lowest BCUT2D eigenvalue weighted by molar-refractivity contribution is -0.265. The van der Waals surface area contributed by atoms with Crippen LogP contribution < -0.4 is 0 Å². The Labute approximate surface area is 250 Å². The number of nitrogens with zero attached hydrogens (tertiary/aromatic N) is 2. The third-order valence-electron chi connectivity index (χ3n) is 7.65. The molecule has 0 radical (unpaired) electrons. The maximum Gasteiger partial charge on any atom is 0.340 e. The number of rotatable bonds is 12. The summed E-state index contributed by atoms with van der Waals surface area (Å²) >= 11 is 0. The first-order valence-corrected chi connectivity index (χ1v) is 16.2. The summed E-state index contributed by atoms with van der Waals surface area (Å²) in [7, 11) is 4.04. The van der Waals surface area contributed by atoms with E-state index in [-0.39, 0.29) is 26.5 Å². The average Bonchev–Trinajstić information content (AvgIpc) is 2.86. The van der Waals surface area contributed by atoms with Gasteiger partial charge in [-0.3, -0.25) is 4.57 Å². The second kappa shape index (κ2) is 14.0. The topological polar surface area (TPSA) is 113 Å². The minimum atomic E-state index is -1.40. The van der Waals surface area contributed by atoms with Crippen molar-refractivity contribution < 1.29 is 37.3 Å². The van der Waals surface area contributed by atoms with Crippen LogP contribution >= 0.6 is 8.46 Å². The molecular formula is C29H51N2O8PS. The molecule has 2 heterocycles. The van der Waals surface area contributed by atoms with Crippen molar-refractivity contribution in [1.29, 1.82) is 0 Å². The van der Waals surface area contributed by atoms with E-state index >= 15 is 0 Å².